The lowest BCUT2D eigenvalue weighted by molar-refractivity contribution is -0.251. The summed E-state index contributed by atoms with van der Waals surface area (Å²) in [6, 6.07) is 7.20. The predicted octanol–water partition coefficient (Wildman–Crippen LogP) is 1.19. The Morgan fingerprint density at radius 1 is 1.26 bits per heavy atom. The lowest BCUT2D eigenvalue weighted by Gasteiger charge is -2.49. The molecule has 0 saturated heterocycles. The molecule has 0 heterocycles. The molecule has 0 spiro atoms. The van der Waals surface area contributed by atoms with Crippen LogP contribution < -0.4 is 10.5 Å². The van der Waals surface area contributed by atoms with E-state index in [9.17, 15) is 9.90 Å². The van der Waals surface area contributed by atoms with E-state index in [1.807, 2.05) is 13.0 Å². The van der Waals surface area contributed by atoms with Crippen LogP contribution in [0, 0.1) is 5.92 Å². The number of nitrogens with two attached hydrogens (primary N) is 1. The first kappa shape index (κ1) is 17.5. The molecule has 126 valence electrons. The zero-order chi connectivity index (χ0) is 17.3. The van der Waals surface area contributed by atoms with Crippen molar-refractivity contribution in [3.05, 3.63) is 42.0 Å². The fourth-order valence-electron chi connectivity index (χ4n) is 3.23. The molecule has 1 aliphatic carbocycles. The topological polar surface area (TPSA) is 91.0 Å². The molecule has 3 N–H and O–H groups in total. The number of benzene rings is 1. The minimum absolute atomic E-state index is 0.629. The van der Waals surface area contributed by atoms with Gasteiger partial charge in [-0.2, -0.15) is 0 Å². The van der Waals surface area contributed by atoms with E-state index in [1.54, 1.807) is 31.4 Å². The van der Waals surface area contributed by atoms with Crippen molar-refractivity contribution in [2.75, 3.05) is 21.3 Å². The Hall–Kier alpha value is -1.89. The maximum atomic E-state index is 11.8. The molecule has 6 heteroatoms. The molecule has 1 aromatic rings. The number of rotatable bonds is 5. The molecule has 0 radical (unpaired) electrons. The molecule has 4 unspecified atom stereocenters. The lowest BCUT2D eigenvalue weighted by Crippen LogP contribution is -2.59. The highest BCUT2D eigenvalue weighted by atomic mass is 16.6. The molecule has 0 saturated carbocycles. The van der Waals surface area contributed by atoms with E-state index >= 15 is 0 Å². The van der Waals surface area contributed by atoms with Gasteiger partial charge in [0.2, 0.25) is 5.91 Å². The van der Waals surface area contributed by atoms with Crippen LogP contribution in [-0.2, 0) is 14.3 Å². The Morgan fingerprint density at radius 2 is 1.96 bits per heavy atom. The number of aliphatic hydroxyl groups is 1. The van der Waals surface area contributed by atoms with Gasteiger partial charge in [-0.1, -0.05) is 24.3 Å². The molecule has 0 bridgehead atoms. The highest BCUT2D eigenvalue weighted by Crippen LogP contribution is 2.48. The molecule has 4 atom stereocenters. The van der Waals surface area contributed by atoms with Gasteiger partial charge >= 0.3 is 0 Å². The Morgan fingerprint density at radius 3 is 2.48 bits per heavy atom. The molecule has 1 amide bonds. The Bertz CT molecular complexity index is 617. The first-order chi connectivity index (χ1) is 10.8. The van der Waals surface area contributed by atoms with Gasteiger partial charge in [0.05, 0.1) is 18.6 Å². The van der Waals surface area contributed by atoms with Crippen LogP contribution in [0.2, 0.25) is 0 Å². The number of hydrogen-bond donors (Lipinski definition) is 2. The summed E-state index contributed by atoms with van der Waals surface area (Å²) in [7, 11) is 4.45. The number of methoxy groups -OCH3 is 3. The maximum absolute atomic E-state index is 11.8. The third kappa shape index (κ3) is 2.85. The smallest absolute Gasteiger partial charge is 0.229 e. The van der Waals surface area contributed by atoms with Crippen molar-refractivity contribution in [3.8, 4) is 5.75 Å². The summed E-state index contributed by atoms with van der Waals surface area (Å²) in [4.78, 5) is 11.8. The van der Waals surface area contributed by atoms with Gasteiger partial charge in [-0.25, -0.2) is 0 Å². The zero-order valence-corrected chi connectivity index (χ0v) is 13.8. The van der Waals surface area contributed by atoms with Crippen LogP contribution in [0.1, 0.15) is 18.4 Å². The minimum Gasteiger partial charge on any atom is -0.497 e. The molecule has 2 rings (SSSR count). The van der Waals surface area contributed by atoms with Gasteiger partial charge < -0.3 is 25.1 Å². The molecule has 1 aromatic carbocycles. The minimum atomic E-state index is -1.84. The molecular weight excluding hydrogens is 298 g/mol. The molecule has 0 aliphatic heterocycles. The molecule has 0 fully saturated rings. The van der Waals surface area contributed by atoms with E-state index in [0.717, 1.165) is 0 Å². The normalized spacial score (nSPS) is 33.4. The monoisotopic (exact) mass is 321 g/mol. The summed E-state index contributed by atoms with van der Waals surface area (Å²) in [5.41, 5.74) is 5.28. The number of carbonyl (C=O) groups is 1. The van der Waals surface area contributed by atoms with Crippen LogP contribution in [0.5, 0.6) is 5.75 Å². The van der Waals surface area contributed by atoms with Crippen LogP contribution >= 0.6 is 0 Å². The Kier molecular flexibility index (Phi) is 4.79. The van der Waals surface area contributed by atoms with E-state index in [0.29, 0.717) is 11.3 Å². The standard InChI is InChI=1S/C17H23NO5/c1-16(22-3)9-8-13(15(18)19)17(20,23-4)14(16)11-6-5-7-12(10-11)21-2/h5-10,13-14,20H,1-4H3,(H2,18,19). The fourth-order valence-corrected chi connectivity index (χ4v) is 3.23. The molecular formula is C17H23NO5. The van der Waals surface area contributed by atoms with Crippen LogP contribution in [0.25, 0.3) is 0 Å². The zero-order valence-electron chi connectivity index (χ0n) is 13.8. The number of hydrogen-bond acceptors (Lipinski definition) is 5. The number of amides is 1. The van der Waals surface area contributed by atoms with Gasteiger partial charge in [-0.15, -0.1) is 0 Å². The van der Waals surface area contributed by atoms with E-state index in [1.165, 1.54) is 20.3 Å². The van der Waals surface area contributed by atoms with Crippen molar-refractivity contribution in [1.82, 2.24) is 0 Å². The number of carbonyl (C=O) groups excluding carboxylic acids is 1. The second kappa shape index (κ2) is 6.31. The number of ether oxygens (including phenoxy) is 3. The first-order valence-corrected chi connectivity index (χ1v) is 7.27. The van der Waals surface area contributed by atoms with Gasteiger partial charge in [-0.05, 0) is 24.6 Å². The van der Waals surface area contributed by atoms with Crippen molar-refractivity contribution in [2.24, 2.45) is 11.7 Å². The summed E-state index contributed by atoms with van der Waals surface area (Å²) in [6.07, 6.45) is 3.27. The van der Waals surface area contributed by atoms with Crippen molar-refractivity contribution in [2.45, 2.75) is 24.2 Å². The van der Waals surface area contributed by atoms with Crippen molar-refractivity contribution >= 4 is 5.91 Å². The van der Waals surface area contributed by atoms with E-state index in [2.05, 4.69) is 0 Å². The quantitative estimate of drug-likeness (QED) is 0.628. The van der Waals surface area contributed by atoms with Gasteiger partial charge in [0.15, 0.2) is 5.79 Å². The summed E-state index contributed by atoms with van der Waals surface area (Å²) in [6.45, 7) is 1.81. The van der Waals surface area contributed by atoms with Crippen LogP contribution in [0.15, 0.2) is 36.4 Å². The largest absolute Gasteiger partial charge is 0.497 e. The summed E-state index contributed by atoms with van der Waals surface area (Å²) < 4.78 is 16.2. The Balaban J connectivity index is 2.66. The fraction of sp³-hybridized carbons (Fsp3) is 0.471. The summed E-state index contributed by atoms with van der Waals surface area (Å²) in [5, 5.41) is 11.2. The average Bonchev–Trinajstić information content (AvgIpc) is 2.54. The second-order valence-electron chi connectivity index (χ2n) is 5.79. The second-order valence-corrected chi connectivity index (χ2v) is 5.79. The van der Waals surface area contributed by atoms with Crippen LogP contribution in [0.4, 0.5) is 0 Å². The predicted molar refractivity (Wildman–Crippen MR) is 84.9 cm³/mol. The van der Waals surface area contributed by atoms with Gasteiger partial charge in [0, 0.05) is 14.2 Å². The van der Waals surface area contributed by atoms with Crippen molar-refractivity contribution in [1.29, 1.82) is 0 Å². The van der Waals surface area contributed by atoms with Crippen LogP contribution in [-0.4, -0.2) is 43.7 Å². The van der Waals surface area contributed by atoms with E-state index < -0.39 is 29.1 Å². The maximum Gasteiger partial charge on any atom is 0.229 e. The van der Waals surface area contributed by atoms with E-state index in [4.69, 9.17) is 19.9 Å². The third-order valence-corrected chi connectivity index (χ3v) is 4.55. The SMILES string of the molecule is COc1cccc(C2C(C)(OC)C=CC(C(N)=O)C2(O)OC)c1. The van der Waals surface area contributed by atoms with Gasteiger partial charge in [0.1, 0.15) is 11.7 Å². The lowest BCUT2D eigenvalue weighted by atomic mass is 9.68. The summed E-state index contributed by atoms with van der Waals surface area (Å²) in [5.74, 6) is -3.55. The first-order valence-electron chi connectivity index (χ1n) is 7.27. The van der Waals surface area contributed by atoms with E-state index in [-0.39, 0.29) is 0 Å². The Labute approximate surface area is 135 Å². The highest BCUT2D eigenvalue weighted by molar-refractivity contribution is 5.80. The third-order valence-electron chi connectivity index (χ3n) is 4.55. The van der Waals surface area contributed by atoms with Crippen LogP contribution in [0.3, 0.4) is 0 Å². The van der Waals surface area contributed by atoms with Gasteiger partial charge in [0.25, 0.3) is 0 Å². The van der Waals surface area contributed by atoms with Crippen molar-refractivity contribution < 1.29 is 24.1 Å². The summed E-state index contributed by atoms with van der Waals surface area (Å²) >= 11 is 0. The number of primary amides is 1. The molecule has 0 aromatic heterocycles. The molecule has 1 aliphatic rings. The molecule has 23 heavy (non-hydrogen) atoms. The molecule has 6 nitrogen and oxygen atoms in total. The van der Waals surface area contributed by atoms with Gasteiger partial charge in [-0.3, -0.25) is 4.79 Å². The average molecular weight is 321 g/mol. The van der Waals surface area contributed by atoms with Crippen molar-refractivity contribution in [3.63, 3.8) is 0 Å². The highest BCUT2D eigenvalue weighted by Gasteiger charge is 2.57.